The molecule has 0 aliphatic heterocycles. The predicted octanol–water partition coefficient (Wildman–Crippen LogP) is 4.28. The number of aromatic nitrogens is 2. The number of H-pyrrole nitrogens is 1. The zero-order chi connectivity index (χ0) is 24.8. The maximum absolute atomic E-state index is 13.0. The summed E-state index contributed by atoms with van der Waals surface area (Å²) in [6.07, 6.45) is 1.03. The lowest BCUT2D eigenvalue weighted by atomic mass is 9.98. The number of nitrogens with zero attached hydrogens (tertiary/aromatic N) is 1. The SMILES string of the molecule is CC(CCC(=O)c1ncc(C(=O)NC(c2ccc(Cl)cc2)c2ccc(Cl)cc2)c(=O)[nH]1)C(=O)O. The lowest BCUT2D eigenvalue weighted by Crippen LogP contribution is -2.34. The zero-order valence-corrected chi connectivity index (χ0v) is 19.6. The molecule has 1 unspecified atom stereocenters. The molecule has 0 aliphatic carbocycles. The summed E-state index contributed by atoms with van der Waals surface area (Å²) in [7, 11) is 0. The van der Waals surface area contributed by atoms with Crippen molar-refractivity contribution < 1.29 is 19.5 Å². The standard InChI is InChI=1S/C24H21Cl2N3O5/c1-13(24(33)34)2-11-19(30)21-27-12-18(23(32)29-21)22(31)28-20(14-3-7-16(25)8-4-14)15-5-9-17(26)10-6-15/h3-10,12-13,20H,2,11H2,1H3,(H,28,31)(H,33,34)(H,27,29,32). The average Bonchev–Trinajstić information content (AvgIpc) is 2.81. The van der Waals surface area contributed by atoms with Crippen LogP contribution in [0.1, 0.15) is 57.9 Å². The summed E-state index contributed by atoms with van der Waals surface area (Å²) >= 11 is 12.0. The summed E-state index contributed by atoms with van der Waals surface area (Å²) in [5.41, 5.74) is 0.393. The molecule has 3 rings (SSSR count). The molecule has 0 spiro atoms. The first kappa shape index (κ1) is 25.1. The van der Waals surface area contributed by atoms with Crippen LogP contribution in [0.4, 0.5) is 0 Å². The second kappa shape index (κ2) is 11.1. The van der Waals surface area contributed by atoms with Crippen molar-refractivity contribution in [1.29, 1.82) is 0 Å². The molecule has 3 aromatic rings. The Morgan fingerprint density at radius 3 is 2.00 bits per heavy atom. The second-order valence-corrected chi connectivity index (χ2v) is 8.56. The summed E-state index contributed by atoms with van der Waals surface area (Å²) in [6, 6.07) is 13.2. The van der Waals surface area contributed by atoms with Crippen molar-refractivity contribution in [3.8, 4) is 0 Å². The second-order valence-electron chi connectivity index (χ2n) is 7.69. The van der Waals surface area contributed by atoms with Gasteiger partial charge in [0.25, 0.3) is 11.5 Å². The number of Topliss-reactive ketones (excluding diaryl/α,β-unsaturated/α-hetero) is 1. The Labute approximate surface area is 205 Å². The molecular weight excluding hydrogens is 481 g/mol. The monoisotopic (exact) mass is 501 g/mol. The molecule has 176 valence electrons. The Kier molecular flexibility index (Phi) is 8.20. The first-order valence-corrected chi connectivity index (χ1v) is 11.1. The maximum atomic E-state index is 13.0. The number of amides is 1. The molecule has 1 aromatic heterocycles. The molecule has 0 saturated heterocycles. The summed E-state index contributed by atoms with van der Waals surface area (Å²) in [5.74, 6) is -3.17. The molecule has 2 aromatic carbocycles. The summed E-state index contributed by atoms with van der Waals surface area (Å²) in [4.78, 5) is 54.9. The van der Waals surface area contributed by atoms with Crippen molar-refractivity contribution >= 4 is 40.9 Å². The van der Waals surface area contributed by atoms with Gasteiger partial charge in [-0.15, -0.1) is 0 Å². The van der Waals surface area contributed by atoms with E-state index in [-0.39, 0.29) is 24.2 Å². The molecule has 0 saturated carbocycles. The molecule has 0 radical (unpaired) electrons. The quantitative estimate of drug-likeness (QED) is 0.375. The van der Waals surface area contributed by atoms with Gasteiger partial charge in [0, 0.05) is 22.7 Å². The fourth-order valence-corrected chi connectivity index (χ4v) is 3.42. The van der Waals surface area contributed by atoms with Gasteiger partial charge < -0.3 is 15.4 Å². The Morgan fingerprint density at radius 2 is 1.53 bits per heavy atom. The van der Waals surface area contributed by atoms with Crippen LogP contribution in [-0.4, -0.2) is 32.7 Å². The highest BCUT2D eigenvalue weighted by Crippen LogP contribution is 2.25. The van der Waals surface area contributed by atoms with Crippen LogP contribution >= 0.6 is 23.2 Å². The van der Waals surface area contributed by atoms with Gasteiger partial charge in [0.15, 0.2) is 11.6 Å². The predicted molar refractivity (Wildman–Crippen MR) is 127 cm³/mol. The van der Waals surface area contributed by atoms with E-state index in [1.165, 1.54) is 6.92 Å². The molecule has 1 heterocycles. The number of hydrogen-bond donors (Lipinski definition) is 3. The Morgan fingerprint density at radius 1 is 1.00 bits per heavy atom. The van der Waals surface area contributed by atoms with Crippen molar-refractivity contribution in [3.05, 3.63) is 97.6 Å². The molecule has 34 heavy (non-hydrogen) atoms. The molecule has 1 atom stereocenters. The third-order valence-electron chi connectivity index (χ3n) is 5.22. The van der Waals surface area contributed by atoms with Crippen LogP contribution in [0.5, 0.6) is 0 Å². The van der Waals surface area contributed by atoms with Gasteiger partial charge in [-0.05, 0) is 41.8 Å². The highest BCUT2D eigenvalue weighted by Gasteiger charge is 2.22. The number of nitrogens with one attached hydrogen (secondary N) is 2. The first-order chi connectivity index (χ1) is 16.2. The lowest BCUT2D eigenvalue weighted by Gasteiger charge is -2.20. The van der Waals surface area contributed by atoms with E-state index in [2.05, 4.69) is 15.3 Å². The van der Waals surface area contributed by atoms with E-state index in [4.69, 9.17) is 28.3 Å². The van der Waals surface area contributed by atoms with Crippen LogP contribution in [0.2, 0.25) is 10.0 Å². The van der Waals surface area contributed by atoms with E-state index in [1.54, 1.807) is 48.5 Å². The van der Waals surface area contributed by atoms with E-state index in [1.807, 2.05) is 0 Å². The Balaban J connectivity index is 1.82. The molecule has 0 aliphatic rings. The fraction of sp³-hybridized carbons (Fsp3) is 0.208. The molecule has 0 bridgehead atoms. The zero-order valence-electron chi connectivity index (χ0n) is 18.0. The van der Waals surface area contributed by atoms with Crippen LogP contribution in [-0.2, 0) is 4.79 Å². The van der Waals surface area contributed by atoms with E-state index in [9.17, 15) is 19.2 Å². The number of carboxylic acids is 1. The number of benzene rings is 2. The van der Waals surface area contributed by atoms with Crippen LogP contribution in [0.15, 0.2) is 59.5 Å². The third-order valence-corrected chi connectivity index (χ3v) is 5.72. The van der Waals surface area contributed by atoms with Crippen molar-refractivity contribution in [2.24, 2.45) is 5.92 Å². The van der Waals surface area contributed by atoms with E-state index >= 15 is 0 Å². The summed E-state index contributed by atoms with van der Waals surface area (Å²) < 4.78 is 0. The van der Waals surface area contributed by atoms with E-state index in [0.717, 1.165) is 17.3 Å². The van der Waals surface area contributed by atoms with Crippen LogP contribution in [0.3, 0.4) is 0 Å². The number of aromatic amines is 1. The molecule has 10 heteroatoms. The normalized spacial score (nSPS) is 11.8. The minimum absolute atomic E-state index is 0.100. The van der Waals surface area contributed by atoms with Gasteiger partial charge >= 0.3 is 5.97 Å². The highest BCUT2D eigenvalue weighted by atomic mass is 35.5. The minimum Gasteiger partial charge on any atom is -0.481 e. The van der Waals surface area contributed by atoms with E-state index < -0.39 is 35.2 Å². The van der Waals surface area contributed by atoms with E-state index in [0.29, 0.717) is 10.0 Å². The van der Waals surface area contributed by atoms with Crippen LogP contribution < -0.4 is 10.9 Å². The number of carbonyl (C=O) groups excluding carboxylic acids is 2. The van der Waals surface area contributed by atoms with Gasteiger partial charge in [-0.25, -0.2) is 4.98 Å². The lowest BCUT2D eigenvalue weighted by molar-refractivity contribution is -0.141. The Hall–Kier alpha value is -3.49. The number of ketones is 1. The fourth-order valence-electron chi connectivity index (χ4n) is 3.17. The first-order valence-electron chi connectivity index (χ1n) is 10.3. The smallest absolute Gasteiger partial charge is 0.306 e. The summed E-state index contributed by atoms with van der Waals surface area (Å²) in [5, 5.41) is 12.8. The van der Waals surface area contributed by atoms with Gasteiger partial charge in [-0.2, -0.15) is 0 Å². The van der Waals surface area contributed by atoms with Crippen molar-refractivity contribution in [3.63, 3.8) is 0 Å². The number of halogens is 2. The van der Waals surface area contributed by atoms with Crippen molar-refractivity contribution in [1.82, 2.24) is 15.3 Å². The van der Waals surface area contributed by atoms with Crippen LogP contribution in [0.25, 0.3) is 0 Å². The molecular formula is C24H21Cl2N3O5. The van der Waals surface area contributed by atoms with Gasteiger partial charge in [0.05, 0.1) is 12.0 Å². The summed E-state index contributed by atoms with van der Waals surface area (Å²) in [6.45, 7) is 1.48. The number of aliphatic carboxylic acids is 1. The van der Waals surface area contributed by atoms with Gasteiger partial charge in [-0.3, -0.25) is 19.2 Å². The molecule has 0 fully saturated rings. The average molecular weight is 502 g/mol. The third kappa shape index (κ3) is 6.30. The van der Waals surface area contributed by atoms with Crippen molar-refractivity contribution in [2.75, 3.05) is 0 Å². The largest absolute Gasteiger partial charge is 0.481 e. The Bertz CT molecular complexity index is 1210. The molecule has 3 N–H and O–H groups in total. The van der Waals surface area contributed by atoms with Gasteiger partial charge in [-0.1, -0.05) is 54.4 Å². The van der Waals surface area contributed by atoms with Gasteiger partial charge in [0.1, 0.15) is 5.56 Å². The van der Waals surface area contributed by atoms with Crippen LogP contribution in [0, 0.1) is 5.92 Å². The number of carboxylic acid groups (broad SMARTS) is 1. The topological polar surface area (TPSA) is 129 Å². The number of hydrogen-bond acceptors (Lipinski definition) is 5. The minimum atomic E-state index is -1.02. The number of rotatable bonds is 9. The highest BCUT2D eigenvalue weighted by molar-refractivity contribution is 6.30. The maximum Gasteiger partial charge on any atom is 0.306 e. The molecule has 1 amide bonds. The molecule has 8 nitrogen and oxygen atoms in total. The number of carbonyl (C=O) groups is 3. The van der Waals surface area contributed by atoms with Gasteiger partial charge in [0.2, 0.25) is 0 Å². The van der Waals surface area contributed by atoms with Crippen molar-refractivity contribution in [2.45, 2.75) is 25.8 Å².